The van der Waals surface area contributed by atoms with Crippen molar-refractivity contribution in [3.8, 4) is 0 Å². The monoisotopic (exact) mass is 341 g/mol. The lowest BCUT2D eigenvalue weighted by Crippen LogP contribution is -2.39. The van der Waals surface area contributed by atoms with Crippen LogP contribution >= 0.6 is 0 Å². The minimum atomic E-state index is -0.0157. The van der Waals surface area contributed by atoms with Gasteiger partial charge in [-0.25, -0.2) is 0 Å². The van der Waals surface area contributed by atoms with Crippen LogP contribution < -0.4 is 0 Å². The van der Waals surface area contributed by atoms with E-state index in [1.165, 1.54) is 12.8 Å². The second-order valence-electron chi connectivity index (χ2n) is 6.75. The lowest BCUT2D eigenvalue weighted by Gasteiger charge is -2.24. The Balaban J connectivity index is 1.50. The molecule has 3 rings (SSSR count). The van der Waals surface area contributed by atoms with Crippen LogP contribution in [0.5, 0.6) is 0 Å². The highest BCUT2D eigenvalue weighted by molar-refractivity contribution is 5.92. The summed E-state index contributed by atoms with van der Waals surface area (Å²) >= 11 is 0. The van der Waals surface area contributed by atoms with Crippen LogP contribution in [0, 0.1) is 0 Å². The Labute approximate surface area is 149 Å². The molecule has 0 bridgehead atoms. The third-order valence-corrected chi connectivity index (χ3v) is 5.00. The van der Waals surface area contributed by atoms with Gasteiger partial charge in [-0.15, -0.1) is 0 Å². The zero-order chi connectivity index (χ0) is 17.5. The van der Waals surface area contributed by atoms with E-state index < -0.39 is 0 Å². The van der Waals surface area contributed by atoms with Crippen molar-refractivity contribution in [3.63, 3.8) is 0 Å². The van der Waals surface area contributed by atoms with E-state index in [0.717, 1.165) is 31.7 Å². The van der Waals surface area contributed by atoms with Gasteiger partial charge >= 0.3 is 0 Å². The first kappa shape index (κ1) is 17.7. The van der Waals surface area contributed by atoms with E-state index in [9.17, 15) is 9.59 Å². The first-order chi connectivity index (χ1) is 12.2. The van der Waals surface area contributed by atoms with E-state index in [1.54, 1.807) is 11.0 Å². The fourth-order valence-electron chi connectivity index (χ4n) is 3.43. The Morgan fingerprint density at radius 3 is 2.48 bits per heavy atom. The van der Waals surface area contributed by atoms with Gasteiger partial charge in [-0.05, 0) is 37.6 Å². The lowest BCUT2D eigenvalue weighted by molar-refractivity contribution is -0.130. The van der Waals surface area contributed by atoms with Gasteiger partial charge in [0.25, 0.3) is 0 Å². The SMILES string of the molecule is O=C(C=Cc1ccccc1)N1CCC(=O)N(CCN2CCCC2)CC1. The summed E-state index contributed by atoms with van der Waals surface area (Å²) < 4.78 is 0. The third-order valence-electron chi connectivity index (χ3n) is 5.00. The molecule has 1 aromatic carbocycles. The minimum Gasteiger partial charge on any atom is -0.340 e. The van der Waals surface area contributed by atoms with Crippen LogP contribution in [0.15, 0.2) is 36.4 Å². The molecule has 0 spiro atoms. The molecule has 2 heterocycles. The van der Waals surface area contributed by atoms with Crippen molar-refractivity contribution in [3.05, 3.63) is 42.0 Å². The van der Waals surface area contributed by atoms with Gasteiger partial charge in [0.2, 0.25) is 11.8 Å². The van der Waals surface area contributed by atoms with Gasteiger partial charge in [0.1, 0.15) is 0 Å². The van der Waals surface area contributed by atoms with Gasteiger partial charge in [0.15, 0.2) is 0 Å². The first-order valence-electron chi connectivity index (χ1n) is 9.24. The van der Waals surface area contributed by atoms with Crippen molar-refractivity contribution in [2.75, 3.05) is 45.8 Å². The Morgan fingerprint density at radius 1 is 0.960 bits per heavy atom. The molecule has 2 saturated heterocycles. The summed E-state index contributed by atoms with van der Waals surface area (Å²) in [5, 5.41) is 0. The number of likely N-dealkylation sites (tertiary alicyclic amines) is 1. The van der Waals surface area contributed by atoms with Crippen LogP contribution in [0.3, 0.4) is 0 Å². The van der Waals surface area contributed by atoms with Gasteiger partial charge in [-0.3, -0.25) is 9.59 Å². The van der Waals surface area contributed by atoms with Crippen molar-refractivity contribution in [2.45, 2.75) is 19.3 Å². The van der Waals surface area contributed by atoms with E-state index in [4.69, 9.17) is 0 Å². The topological polar surface area (TPSA) is 43.9 Å². The first-order valence-corrected chi connectivity index (χ1v) is 9.24. The molecule has 25 heavy (non-hydrogen) atoms. The summed E-state index contributed by atoms with van der Waals surface area (Å²) in [6.45, 7) is 5.79. The number of benzene rings is 1. The molecule has 1 aromatic rings. The number of carbonyl (C=O) groups is 2. The van der Waals surface area contributed by atoms with Crippen LogP contribution in [0.25, 0.3) is 6.08 Å². The number of hydrogen-bond donors (Lipinski definition) is 0. The summed E-state index contributed by atoms with van der Waals surface area (Å²) in [6, 6.07) is 9.79. The highest BCUT2D eigenvalue weighted by Gasteiger charge is 2.23. The molecule has 2 amide bonds. The molecular weight excluding hydrogens is 314 g/mol. The number of rotatable bonds is 5. The van der Waals surface area contributed by atoms with Crippen LogP contribution in [-0.4, -0.2) is 72.3 Å². The molecule has 0 N–H and O–H groups in total. The normalized spacial score (nSPS) is 19.6. The van der Waals surface area contributed by atoms with Gasteiger partial charge in [-0.1, -0.05) is 30.3 Å². The minimum absolute atomic E-state index is 0.0157. The smallest absolute Gasteiger partial charge is 0.246 e. The standard InChI is InChI=1S/C20H27N3O2/c24-19(9-8-18-6-2-1-3-7-18)22-13-10-20(25)23(17-16-22)15-14-21-11-4-5-12-21/h1-3,6-9H,4-5,10-17H2. The predicted molar refractivity (Wildman–Crippen MR) is 98.9 cm³/mol. The summed E-state index contributed by atoms with van der Waals surface area (Å²) in [6.07, 6.45) is 6.40. The molecule has 0 saturated carbocycles. The molecule has 2 aliphatic heterocycles. The molecule has 0 unspecified atom stereocenters. The maximum absolute atomic E-state index is 12.4. The Kier molecular flexibility index (Phi) is 6.23. The van der Waals surface area contributed by atoms with Gasteiger partial charge in [0, 0.05) is 45.2 Å². The molecule has 5 heteroatoms. The fourth-order valence-corrected chi connectivity index (χ4v) is 3.43. The Morgan fingerprint density at radius 2 is 1.72 bits per heavy atom. The quantitative estimate of drug-likeness (QED) is 0.768. The zero-order valence-electron chi connectivity index (χ0n) is 14.8. The van der Waals surface area contributed by atoms with E-state index in [-0.39, 0.29) is 11.8 Å². The molecule has 0 atom stereocenters. The molecule has 2 fully saturated rings. The molecule has 2 aliphatic rings. The molecule has 0 aromatic heterocycles. The van der Waals surface area contributed by atoms with Crippen molar-refractivity contribution in [1.82, 2.24) is 14.7 Å². The van der Waals surface area contributed by atoms with Gasteiger partial charge in [-0.2, -0.15) is 0 Å². The van der Waals surface area contributed by atoms with E-state index in [0.29, 0.717) is 26.1 Å². The third kappa shape index (κ3) is 5.16. The van der Waals surface area contributed by atoms with Crippen LogP contribution in [0.1, 0.15) is 24.8 Å². The molecular formula is C20H27N3O2. The van der Waals surface area contributed by atoms with Crippen LogP contribution in [-0.2, 0) is 9.59 Å². The van der Waals surface area contributed by atoms with Crippen molar-refractivity contribution < 1.29 is 9.59 Å². The van der Waals surface area contributed by atoms with Gasteiger partial charge < -0.3 is 14.7 Å². The largest absolute Gasteiger partial charge is 0.340 e. The Hall–Kier alpha value is -2.14. The van der Waals surface area contributed by atoms with Gasteiger partial charge in [0.05, 0.1) is 0 Å². The number of carbonyl (C=O) groups excluding carboxylic acids is 2. The van der Waals surface area contributed by atoms with E-state index in [1.807, 2.05) is 41.3 Å². The van der Waals surface area contributed by atoms with E-state index in [2.05, 4.69) is 4.90 Å². The lowest BCUT2D eigenvalue weighted by atomic mass is 10.2. The second kappa shape index (κ2) is 8.81. The number of amides is 2. The summed E-state index contributed by atoms with van der Waals surface area (Å²) in [4.78, 5) is 30.9. The average Bonchev–Trinajstić information content (AvgIpc) is 3.09. The predicted octanol–water partition coefficient (Wildman–Crippen LogP) is 1.86. The highest BCUT2D eigenvalue weighted by atomic mass is 16.2. The maximum atomic E-state index is 12.4. The summed E-state index contributed by atoms with van der Waals surface area (Å²) in [5.41, 5.74) is 1.01. The summed E-state index contributed by atoms with van der Waals surface area (Å²) in [7, 11) is 0. The molecule has 0 radical (unpaired) electrons. The number of hydrogen-bond acceptors (Lipinski definition) is 3. The van der Waals surface area contributed by atoms with Crippen LogP contribution in [0.2, 0.25) is 0 Å². The Bertz CT molecular complexity index is 609. The van der Waals surface area contributed by atoms with Crippen molar-refractivity contribution >= 4 is 17.9 Å². The fraction of sp³-hybridized carbons (Fsp3) is 0.500. The van der Waals surface area contributed by atoms with E-state index >= 15 is 0 Å². The molecule has 5 nitrogen and oxygen atoms in total. The van der Waals surface area contributed by atoms with Crippen molar-refractivity contribution in [1.29, 1.82) is 0 Å². The van der Waals surface area contributed by atoms with Crippen LogP contribution in [0.4, 0.5) is 0 Å². The highest BCUT2D eigenvalue weighted by Crippen LogP contribution is 2.10. The maximum Gasteiger partial charge on any atom is 0.246 e. The molecule has 0 aliphatic carbocycles. The number of nitrogens with zero attached hydrogens (tertiary/aromatic N) is 3. The average molecular weight is 341 g/mol. The molecule has 134 valence electrons. The zero-order valence-corrected chi connectivity index (χ0v) is 14.8. The van der Waals surface area contributed by atoms with Crippen molar-refractivity contribution in [2.24, 2.45) is 0 Å². The summed E-state index contributed by atoms with van der Waals surface area (Å²) in [5.74, 6) is 0.152. The second-order valence-corrected chi connectivity index (χ2v) is 6.75.